The van der Waals surface area contributed by atoms with Crippen molar-refractivity contribution in [2.75, 3.05) is 0 Å². The average molecular weight is 458 g/mol. The van der Waals surface area contributed by atoms with Crippen molar-refractivity contribution >= 4 is 51.0 Å². The lowest BCUT2D eigenvalue weighted by atomic mass is 9.76. The number of rotatable bonds is 2. The van der Waals surface area contributed by atoms with Crippen LogP contribution in [-0.4, -0.2) is 22.4 Å². The lowest BCUT2D eigenvalue weighted by molar-refractivity contribution is -0.135. The molecular weight excluding hydrogens is 434 g/mol. The number of aromatic nitrogens is 1. The van der Waals surface area contributed by atoms with Crippen molar-refractivity contribution in [1.82, 2.24) is 15.2 Å². The zero-order chi connectivity index (χ0) is 23.2. The highest BCUT2D eigenvalue weighted by Gasteiger charge is 2.39. The van der Waals surface area contributed by atoms with Crippen molar-refractivity contribution in [3.63, 3.8) is 0 Å². The smallest absolute Gasteiger partial charge is 0.300 e. The summed E-state index contributed by atoms with van der Waals surface area (Å²) in [4.78, 5) is 37.1. The third-order valence-electron chi connectivity index (χ3n) is 6.99. The highest BCUT2D eigenvalue weighted by Crippen LogP contribution is 2.50. The van der Waals surface area contributed by atoms with E-state index in [-0.39, 0.29) is 11.8 Å². The van der Waals surface area contributed by atoms with E-state index in [0.29, 0.717) is 0 Å². The Morgan fingerprint density at radius 2 is 1.61 bits per heavy atom. The SMILES string of the molecule is Cc1ccc2c(c1)c1cc(C)cc3c1n2-c1sc(CC2C(=O)NC(=O)NC2=O)cc1C3(C)C. The average Bonchev–Trinajstić information content (AvgIpc) is 3.29. The molecule has 6 nitrogen and oxygen atoms in total. The molecule has 0 radical (unpaired) electrons. The van der Waals surface area contributed by atoms with Gasteiger partial charge in [-0.3, -0.25) is 20.2 Å². The fourth-order valence-electron chi connectivity index (χ4n) is 5.32. The summed E-state index contributed by atoms with van der Waals surface area (Å²) in [7, 11) is 0. The number of benzene rings is 2. The highest BCUT2D eigenvalue weighted by molar-refractivity contribution is 7.14. The van der Waals surface area contributed by atoms with Gasteiger partial charge in [-0.1, -0.05) is 37.1 Å². The van der Waals surface area contributed by atoms with Crippen LogP contribution >= 0.6 is 11.3 Å². The summed E-state index contributed by atoms with van der Waals surface area (Å²) in [6.07, 6.45) is 0.259. The molecule has 2 aromatic heterocycles. The monoisotopic (exact) mass is 457 g/mol. The normalized spacial score (nSPS) is 17.4. The van der Waals surface area contributed by atoms with Crippen LogP contribution in [0.1, 0.15) is 41.0 Å². The predicted octanol–water partition coefficient (Wildman–Crippen LogP) is 4.63. The number of barbiturate groups is 1. The molecule has 0 unspecified atom stereocenters. The van der Waals surface area contributed by atoms with Crippen LogP contribution in [0.25, 0.3) is 26.8 Å². The third-order valence-corrected chi connectivity index (χ3v) is 8.13. The van der Waals surface area contributed by atoms with Crippen molar-refractivity contribution in [3.05, 3.63) is 63.5 Å². The fraction of sp³-hybridized carbons (Fsp3) is 0.269. The Morgan fingerprint density at radius 3 is 2.33 bits per heavy atom. The van der Waals surface area contributed by atoms with E-state index >= 15 is 0 Å². The summed E-state index contributed by atoms with van der Waals surface area (Å²) in [6.45, 7) is 8.73. The number of nitrogens with one attached hydrogen (secondary N) is 2. The molecule has 2 aromatic carbocycles. The van der Waals surface area contributed by atoms with E-state index in [4.69, 9.17) is 0 Å². The quantitative estimate of drug-likeness (QED) is 0.431. The van der Waals surface area contributed by atoms with Crippen LogP contribution < -0.4 is 10.6 Å². The van der Waals surface area contributed by atoms with E-state index in [1.165, 1.54) is 38.5 Å². The number of amides is 4. The highest BCUT2D eigenvalue weighted by atomic mass is 32.1. The van der Waals surface area contributed by atoms with Crippen LogP contribution in [0.3, 0.4) is 0 Å². The first kappa shape index (κ1) is 20.2. The first-order chi connectivity index (χ1) is 15.6. The predicted molar refractivity (Wildman–Crippen MR) is 129 cm³/mol. The summed E-state index contributed by atoms with van der Waals surface area (Å²) in [6, 6.07) is 12.5. The molecule has 2 aliphatic rings. The Bertz CT molecular complexity index is 1540. The van der Waals surface area contributed by atoms with Crippen molar-refractivity contribution in [2.24, 2.45) is 5.92 Å². The minimum atomic E-state index is -0.917. The topological polar surface area (TPSA) is 80.2 Å². The second kappa shape index (κ2) is 6.54. The zero-order valence-electron chi connectivity index (χ0n) is 18.8. The molecule has 33 heavy (non-hydrogen) atoms. The summed E-state index contributed by atoms with van der Waals surface area (Å²) in [5, 5.41) is 8.03. The molecule has 4 aromatic rings. The van der Waals surface area contributed by atoms with Crippen molar-refractivity contribution < 1.29 is 14.4 Å². The maximum Gasteiger partial charge on any atom is 0.328 e. The lowest BCUT2D eigenvalue weighted by Crippen LogP contribution is -2.56. The number of hydrogen-bond acceptors (Lipinski definition) is 4. The molecule has 0 bridgehead atoms. The molecular formula is C26H23N3O3S. The minimum Gasteiger partial charge on any atom is -0.300 e. The number of carbonyl (C=O) groups is 3. The van der Waals surface area contributed by atoms with Crippen LogP contribution in [0.5, 0.6) is 0 Å². The zero-order valence-corrected chi connectivity index (χ0v) is 19.6. The molecule has 0 atom stereocenters. The van der Waals surface area contributed by atoms with Crippen LogP contribution in [-0.2, 0) is 21.4 Å². The number of hydrogen-bond donors (Lipinski definition) is 2. The van der Waals surface area contributed by atoms with Gasteiger partial charge in [0.15, 0.2) is 0 Å². The second-order valence-electron chi connectivity index (χ2n) is 9.69. The Kier molecular flexibility index (Phi) is 4.00. The second-order valence-corrected chi connectivity index (χ2v) is 10.8. The van der Waals surface area contributed by atoms with E-state index in [1.807, 2.05) is 0 Å². The van der Waals surface area contributed by atoms with Gasteiger partial charge in [-0.15, -0.1) is 11.3 Å². The van der Waals surface area contributed by atoms with Crippen LogP contribution in [0.4, 0.5) is 4.79 Å². The Balaban J connectivity index is 1.58. The molecule has 0 spiro atoms. The number of thiophene rings is 1. The fourth-order valence-corrected chi connectivity index (χ4v) is 6.70. The summed E-state index contributed by atoms with van der Waals surface area (Å²) >= 11 is 1.62. The maximum absolute atomic E-state index is 12.3. The molecule has 0 saturated carbocycles. The molecule has 2 aliphatic heterocycles. The van der Waals surface area contributed by atoms with Gasteiger partial charge in [-0.2, -0.15) is 0 Å². The lowest BCUT2D eigenvalue weighted by Gasteiger charge is -2.32. The van der Waals surface area contributed by atoms with Crippen molar-refractivity contribution in [1.29, 1.82) is 0 Å². The Labute approximate surface area is 194 Å². The van der Waals surface area contributed by atoms with E-state index in [9.17, 15) is 14.4 Å². The number of aryl methyl sites for hydroxylation is 2. The molecule has 2 N–H and O–H groups in total. The molecule has 0 aliphatic carbocycles. The standard InChI is InChI=1S/C26H23N3O3S/c1-12-5-6-20-15(7-12)16-8-13(2)9-18-21(16)29(20)24-19(26(18,3)4)11-14(33-24)10-17-22(30)27-25(32)28-23(17)31/h5-9,11,17H,10H2,1-4H3,(H2,27,28,30,31,32). The van der Waals surface area contributed by atoms with Gasteiger partial charge in [0.1, 0.15) is 10.9 Å². The molecule has 4 heterocycles. The van der Waals surface area contributed by atoms with Crippen LogP contribution in [0, 0.1) is 19.8 Å². The number of urea groups is 1. The Morgan fingerprint density at radius 1 is 0.909 bits per heavy atom. The number of nitrogens with zero attached hydrogens (tertiary/aromatic N) is 1. The van der Waals surface area contributed by atoms with Crippen LogP contribution in [0.2, 0.25) is 0 Å². The van der Waals surface area contributed by atoms with Gasteiger partial charge in [-0.05, 0) is 49.2 Å². The van der Waals surface area contributed by atoms with Gasteiger partial charge in [-0.25, -0.2) is 4.79 Å². The first-order valence-corrected chi connectivity index (χ1v) is 11.8. The van der Waals surface area contributed by atoms with Gasteiger partial charge in [0.2, 0.25) is 11.8 Å². The molecule has 4 amide bonds. The van der Waals surface area contributed by atoms with Gasteiger partial charge < -0.3 is 4.57 Å². The van der Waals surface area contributed by atoms with E-state index in [2.05, 4.69) is 79.3 Å². The van der Waals surface area contributed by atoms with Gasteiger partial charge in [0.05, 0.1) is 11.0 Å². The Hall–Kier alpha value is -3.45. The molecule has 1 saturated heterocycles. The summed E-state index contributed by atoms with van der Waals surface area (Å²) in [5.41, 5.74) is 7.07. The van der Waals surface area contributed by atoms with E-state index < -0.39 is 23.8 Å². The molecule has 1 fully saturated rings. The van der Waals surface area contributed by atoms with Gasteiger partial charge in [0.25, 0.3) is 0 Å². The minimum absolute atomic E-state index is 0.235. The van der Waals surface area contributed by atoms with Gasteiger partial charge in [0, 0.05) is 27.5 Å². The molecule has 7 heteroatoms. The molecule has 6 rings (SSSR count). The van der Waals surface area contributed by atoms with Crippen molar-refractivity contribution in [3.8, 4) is 5.00 Å². The summed E-state index contributed by atoms with van der Waals surface area (Å²) in [5.74, 6) is -2.00. The van der Waals surface area contributed by atoms with E-state index in [1.54, 1.807) is 11.3 Å². The van der Waals surface area contributed by atoms with Crippen LogP contribution in [0.15, 0.2) is 36.4 Å². The summed E-state index contributed by atoms with van der Waals surface area (Å²) < 4.78 is 2.35. The molecule has 166 valence electrons. The van der Waals surface area contributed by atoms with E-state index in [0.717, 1.165) is 15.4 Å². The number of fused-ring (bicyclic) bond motifs is 5. The first-order valence-electron chi connectivity index (χ1n) is 11.0. The number of carbonyl (C=O) groups excluding carboxylic acids is 3. The third kappa shape index (κ3) is 2.75. The number of imide groups is 2. The largest absolute Gasteiger partial charge is 0.328 e. The van der Waals surface area contributed by atoms with Crippen molar-refractivity contribution in [2.45, 2.75) is 39.5 Å². The van der Waals surface area contributed by atoms with Gasteiger partial charge >= 0.3 is 6.03 Å². The maximum atomic E-state index is 12.3.